The molecule has 0 fully saturated rings. The van der Waals surface area contributed by atoms with Gasteiger partial charge in [0.2, 0.25) is 0 Å². The second-order valence-corrected chi connectivity index (χ2v) is 5.83. The zero-order valence-electron chi connectivity index (χ0n) is 12.8. The van der Waals surface area contributed by atoms with Gasteiger partial charge in [0.15, 0.2) is 0 Å². The van der Waals surface area contributed by atoms with Crippen molar-refractivity contribution in [3.05, 3.63) is 0 Å². The summed E-state index contributed by atoms with van der Waals surface area (Å²) in [5, 5.41) is 11.7. The van der Waals surface area contributed by atoms with Crippen molar-refractivity contribution in [2.75, 3.05) is 13.1 Å². The number of rotatable bonds is 7. The van der Waals surface area contributed by atoms with Crippen LogP contribution in [0.5, 0.6) is 0 Å². The molecule has 0 bridgehead atoms. The number of carboxylic acids is 1. The summed E-state index contributed by atoms with van der Waals surface area (Å²) in [7, 11) is 0. The molecule has 19 heavy (non-hydrogen) atoms. The standard InChI is InChI=1S/C14H28N2O3/c1-6-11(7-2)10-15-13(19)16(14(3,4)5)9-8-12(17)18/h11H,6-10H2,1-5H3,(H,15,19)(H,17,18). The highest BCUT2D eigenvalue weighted by molar-refractivity contribution is 5.76. The quantitative estimate of drug-likeness (QED) is 0.748. The van der Waals surface area contributed by atoms with Crippen molar-refractivity contribution in [1.29, 1.82) is 0 Å². The van der Waals surface area contributed by atoms with E-state index in [1.54, 1.807) is 4.90 Å². The number of nitrogens with one attached hydrogen (secondary N) is 1. The largest absolute Gasteiger partial charge is 0.481 e. The molecule has 0 spiro atoms. The maximum Gasteiger partial charge on any atom is 0.317 e. The summed E-state index contributed by atoms with van der Waals surface area (Å²) in [6.45, 7) is 10.8. The number of carbonyl (C=O) groups excluding carboxylic acids is 1. The molecular formula is C14H28N2O3. The molecule has 0 radical (unpaired) electrons. The normalized spacial score (nSPS) is 11.5. The lowest BCUT2D eigenvalue weighted by Gasteiger charge is -2.35. The van der Waals surface area contributed by atoms with Crippen molar-refractivity contribution < 1.29 is 14.7 Å². The summed E-state index contributed by atoms with van der Waals surface area (Å²) in [6.07, 6.45) is 2.03. The fraction of sp³-hybridized carbons (Fsp3) is 0.857. The predicted octanol–water partition coefficient (Wildman–Crippen LogP) is 2.71. The van der Waals surface area contributed by atoms with Gasteiger partial charge < -0.3 is 15.3 Å². The molecule has 0 heterocycles. The molecule has 0 aromatic carbocycles. The molecule has 5 heteroatoms. The molecule has 0 aromatic rings. The highest BCUT2D eigenvalue weighted by atomic mass is 16.4. The molecule has 112 valence electrons. The first-order chi connectivity index (χ1) is 8.72. The van der Waals surface area contributed by atoms with Crippen LogP contribution < -0.4 is 5.32 Å². The smallest absolute Gasteiger partial charge is 0.317 e. The van der Waals surface area contributed by atoms with Crippen LogP contribution in [0, 0.1) is 5.92 Å². The zero-order valence-corrected chi connectivity index (χ0v) is 12.8. The molecule has 0 saturated heterocycles. The second-order valence-electron chi connectivity index (χ2n) is 5.83. The minimum Gasteiger partial charge on any atom is -0.481 e. The third kappa shape index (κ3) is 7.03. The van der Waals surface area contributed by atoms with Crippen LogP contribution in [0.15, 0.2) is 0 Å². The lowest BCUT2D eigenvalue weighted by Crippen LogP contribution is -2.51. The number of carboxylic acid groups (broad SMARTS) is 1. The van der Waals surface area contributed by atoms with Crippen molar-refractivity contribution in [2.24, 2.45) is 5.92 Å². The van der Waals surface area contributed by atoms with E-state index in [2.05, 4.69) is 19.2 Å². The number of aliphatic carboxylic acids is 1. The molecule has 0 aliphatic carbocycles. The Bertz CT molecular complexity index is 294. The Labute approximate surface area is 116 Å². The van der Waals surface area contributed by atoms with Crippen LogP contribution in [-0.2, 0) is 4.79 Å². The topological polar surface area (TPSA) is 69.6 Å². The molecule has 0 aliphatic heterocycles. The van der Waals surface area contributed by atoms with Crippen LogP contribution in [-0.4, -0.2) is 40.6 Å². The lowest BCUT2D eigenvalue weighted by atomic mass is 10.0. The zero-order chi connectivity index (χ0) is 15.1. The van der Waals surface area contributed by atoms with E-state index in [1.165, 1.54) is 0 Å². The maximum absolute atomic E-state index is 12.2. The van der Waals surface area contributed by atoms with Gasteiger partial charge in [-0.15, -0.1) is 0 Å². The van der Waals surface area contributed by atoms with Crippen molar-refractivity contribution in [2.45, 2.75) is 59.4 Å². The van der Waals surface area contributed by atoms with Crippen LogP contribution in [0.3, 0.4) is 0 Å². The fourth-order valence-corrected chi connectivity index (χ4v) is 1.85. The Morgan fingerprint density at radius 3 is 2.11 bits per heavy atom. The molecule has 2 amide bonds. The monoisotopic (exact) mass is 272 g/mol. The van der Waals surface area contributed by atoms with Gasteiger partial charge in [-0.05, 0) is 26.7 Å². The van der Waals surface area contributed by atoms with Gasteiger partial charge >= 0.3 is 12.0 Å². The summed E-state index contributed by atoms with van der Waals surface area (Å²) in [4.78, 5) is 24.4. The molecular weight excluding hydrogens is 244 g/mol. The fourth-order valence-electron chi connectivity index (χ4n) is 1.85. The highest BCUT2D eigenvalue weighted by Crippen LogP contribution is 2.14. The molecule has 0 saturated carbocycles. The van der Waals surface area contributed by atoms with Gasteiger partial charge in [-0.3, -0.25) is 4.79 Å². The SMILES string of the molecule is CCC(CC)CNC(=O)N(CCC(=O)O)C(C)(C)C. The van der Waals surface area contributed by atoms with Crippen molar-refractivity contribution in [3.8, 4) is 0 Å². The van der Waals surface area contributed by atoms with E-state index >= 15 is 0 Å². The molecule has 0 atom stereocenters. The van der Waals surface area contributed by atoms with Crippen molar-refractivity contribution in [1.82, 2.24) is 10.2 Å². The van der Waals surface area contributed by atoms with Gasteiger partial charge in [-0.25, -0.2) is 4.79 Å². The van der Waals surface area contributed by atoms with Gasteiger partial charge in [0, 0.05) is 18.6 Å². The van der Waals surface area contributed by atoms with Crippen molar-refractivity contribution in [3.63, 3.8) is 0 Å². The molecule has 0 aromatic heterocycles. The molecule has 5 nitrogen and oxygen atoms in total. The Hall–Kier alpha value is -1.26. The number of carbonyl (C=O) groups is 2. The second kappa shape index (κ2) is 8.02. The lowest BCUT2D eigenvalue weighted by molar-refractivity contribution is -0.137. The summed E-state index contributed by atoms with van der Waals surface area (Å²) in [5.74, 6) is -0.410. The Morgan fingerprint density at radius 2 is 1.74 bits per heavy atom. The number of amides is 2. The molecule has 0 aliphatic rings. The molecule has 2 N–H and O–H groups in total. The summed E-state index contributed by atoms with van der Waals surface area (Å²) in [6, 6.07) is -0.180. The van der Waals surface area contributed by atoms with E-state index in [-0.39, 0.29) is 24.5 Å². The van der Waals surface area contributed by atoms with Gasteiger partial charge in [0.25, 0.3) is 0 Å². The first-order valence-corrected chi connectivity index (χ1v) is 6.99. The number of hydrogen-bond donors (Lipinski definition) is 2. The number of urea groups is 1. The van der Waals surface area contributed by atoms with Crippen LogP contribution in [0.25, 0.3) is 0 Å². The van der Waals surface area contributed by atoms with Crippen LogP contribution >= 0.6 is 0 Å². The average Bonchev–Trinajstić information content (AvgIpc) is 2.28. The Kier molecular flexibility index (Phi) is 7.49. The first kappa shape index (κ1) is 17.7. The van der Waals surface area contributed by atoms with E-state index in [1.807, 2.05) is 20.8 Å². The van der Waals surface area contributed by atoms with Crippen molar-refractivity contribution >= 4 is 12.0 Å². The van der Waals surface area contributed by atoms with Crippen LogP contribution in [0.4, 0.5) is 4.79 Å². The summed E-state index contributed by atoms with van der Waals surface area (Å²) >= 11 is 0. The van der Waals surface area contributed by atoms with E-state index in [0.717, 1.165) is 12.8 Å². The Balaban J connectivity index is 4.51. The first-order valence-electron chi connectivity index (χ1n) is 6.99. The van der Waals surface area contributed by atoms with Crippen LogP contribution in [0.2, 0.25) is 0 Å². The van der Waals surface area contributed by atoms with Gasteiger partial charge in [-0.1, -0.05) is 26.7 Å². The molecule has 0 unspecified atom stereocenters. The summed E-state index contributed by atoms with van der Waals surface area (Å²) in [5.41, 5.74) is -0.381. The number of nitrogens with zero attached hydrogens (tertiary/aromatic N) is 1. The van der Waals surface area contributed by atoms with Gasteiger partial charge in [-0.2, -0.15) is 0 Å². The minimum atomic E-state index is -0.887. The van der Waals surface area contributed by atoms with Crippen LogP contribution in [0.1, 0.15) is 53.9 Å². The maximum atomic E-state index is 12.2. The third-order valence-corrected chi connectivity index (χ3v) is 3.30. The average molecular weight is 272 g/mol. The van der Waals surface area contributed by atoms with Gasteiger partial charge in [0.05, 0.1) is 6.42 Å². The number of hydrogen-bond acceptors (Lipinski definition) is 2. The van der Waals surface area contributed by atoms with E-state index < -0.39 is 5.97 Å². The Morgan fingerprint density at radius 1 is 1.21 bits per heavy atom. The summed E-state index contributed by atoms with van der Waals surface area (Å²) < 4.78 is 0. The molecule has 0 rings (SSSR count). The minimum absolute atomic E-state index is 0.0321. The third-order valence-electron chi connectivity index (χ3n) is 3.30. The van der Waals surface area contributed by atoms with E-state index in [0.29, 0.717) is 12.5 Å². The highest BCUT2D eigenvalue weighted by Gasteiger charge is 2.26. The van der Waals surface area contributed by atoms with Gasteiger partial charge in [0.1, 0.15) is 0 Å². The van der Waals surface area contributed by atoms with E-state index in [9.17, 15) is 9.59 Å². The predicted molar refractivity (Wildman–Crippen MR) is 76.2 cm³/mol. The van der Waals surface area contributed by atoms with E-state index in [4.69, 9.17) is 5.11 Å².